The van der Waals surface area contributed by atoms with E-state index >= 15 is 0 Å². The van der Waals surface area contributed by atoms with Crippen molar-refractivity contribution in [1.29, 1.82) is 0 Å². The molecule has 2 bridgehead atoms. The average molecular weight is 658 g/mol. The van der Waals surface area contributed by atoms with E-state index in [0.29, 0.717) is 0 Å². The van der Waals surface area contributed by atoms with Gasteiger partial charge in [-0.25, -0.2) is 29.1 Å². The lowest BCUT2D eigenvalue weighted by atomic mass is 10.1. The van der Waals surface area contributed by atoms with Crippen LogP contribution in [0.1, 0.15) is 18.9 Å². The van der Waals surface area contributed by atoms with Crippen LogP contribution in [-0.4, -0.2) is 97.7 Å². The molecule has 236 valence electrons. The molecule has 0 aromatic carbocycles. The second kappa shape index (κ2) is 10.6. The standard InChI is InChI=1S/C20H24N10O12P2/c21-14-10-15(24-4-23-14)29(5-25-10)19-12(31)13-9(40-19)3-38-43(33,34)41-8-1-7(2-37-44(35,36)42-13)39-18(8)30-6-26-11-16(30)27-20(22)28-17(11)32/h4-9,12-13,18-19,31H,1-3H2,(H,33,34)(H,35,36)(H2,21,23,24)(H3,22,27,28,32)/t7-,8-,9+,12?,13-,18+,19+/m0/s1. The maximum absolute atomic E-state index is 13.2. The van der Waals surface area contributed by atoms with Crippen LogP contribution in [-0.2, 0) is 36.7 Å². The largest absolute Gasteiger partial charge is 0.472 e. The maximum atomic E-state index is 13.2. The van der Waals surface area contributed by atoms with Crippen molar-refractivity contribution in [3.63, 3.8) is 0 Å². The predicted molar refractivity (Wildman–Crippen MR) is 142 cm³/mol. The molecule has 0 radical (unpaired) electrons. The van der Waals surface area contributed by atoms with Gasteiger partial charge in [0.1, 0.15) is 36.3 Å². The average Bonchev–Trinajstić information content (AvgIpc) is 3.72. The number of nitrogens with one attached hydrogen (secondary N) is 1. The highest BCUT2D eigenvalue weighted by molar-refractivity contribution is 7.47. The third-order valence-corrected chi connectivity index (χ3v) is 9.19. The summed E-state index contributed by atoms with van der Waals surface area (Å²) in [5, 5.41) is 11.1. The van der Waals surface area contributed by atoms with Gasteiger partial charge in [-0.1, -0.05) is 0 Å². The van der Waals surface area contributed by atoms with Crippen molar-refractivity contribution in [2.75, 3.05) is 24.7 Å². The Morgan fingerprint density at radius 1 is 0.886 bits per heavy atom. The molecule has 3 unspecified atom stereocenters. The zero-order valence-corrected chi connectivity index (χ0v) is 23.9. The SMILES string of the molecule is Nc1nc2c(ncn2[C@@H]2O[C@@H]3COP(=O)(O)O[C@@H]4C(O)[C@H](n5cnc6c(N)ncnc65)O[C@@H]4COP(=O)(O)O[C@H]2C3)c(=O)[nH]1. The van der Waals surface area contributed by atoms with Crippen molar-refractivity contribution in [1.82, 2.24) is 39.0 Å². The number of nitrogens with zero attached hydrogens (tertiary/aromatic N) is 7. The molecular weight excluding hydrogens is 634 g/mol. The van der Waals surface area contributed by atoms with Crippen LogP contribution >= 0.6 is 15.6 Å². The molecule has 3 aliphatic heterocycles. The molecule has 4 aromatic rings. The quantitative estimate of drug-likeness (QED) is 0.136. The summed E-state index contributed by atoms with van der Waals surface area (Å²) >= 11 is 0. The third kappa shape index (κ3) is 5.18. The molecule has 0 aliphatic carbocycles. The number of aliphatic hydroxyl groups is 1. The third-order valence-electron chi connectivity index (χ3n) is 7.19. The smallest absolute Gasteiger partial charge is 0.386 e. The lowest BCUT2D eigenvalue weighted by molar-refractivity contribution is -0.0670. The summed E-state index contributed by atoms with van der Waals surface area (Å²) in [7, 11) is -9.84. The Balaban J connectivity index is 1.19. The monoisotopic (exact) mass is 658 g/mol. The van der Waals surface area contributed by atoms with Gasteiger partial charge in [-0.3, -0.25) is 37.0 Å². The number of H-pyrrole nitrogens is 1. The van der Waals surface area contributed by atoms with E-state index in [1.165, 1.54) is 28.1 Å². The summed E-state index contributed by atoms with van der Waals surface area (Å²) in [5.41, 5.74) is 11.1. The van der Waals surface area contributed by atoms with Crippen LogP contribution in [0.3, 0.4) is 0 Å². The topological polar surface area (TPSA) is 309 Å². The first-order valence-electron chi connectivity index (χ1n) is 12.8. The first-order chi connectivity index (χ1) is 20.9. The number of ether oxygens (including phenoxy) is 2. The number of nitrogens with two attached hydrogens (primary N) is 2. The number of hydrogen-bond donors (Lipinski definition) is 6. The molecule has 9 atom stereocenters. The molecule has 7 rings (SSSR count). The summed E-state index contributed by atoms with van der Waals surface area (Å²) in [6.07, 6.45) is -5.96. The van der Waals surface area contributed by atoms with Gasteiger partial charge in [-0.05, 0) is 0 Å². The van der Waals surface area contributed by atoms with Gasteiger partial charge >= 0.3 is 15.6 Å². The number of nitrogen functional groups attached to an aromatic ring is 2. The summed E-state index contributed by atoms with van der Waals surface area (Å²) in [6, 6.07) is 0. The van der Waals surface area contributed by atoms with Crippen molar-refractivity contribution in [3.8, 4) is 0 Å². The fourth-order valence-electron chi connectivity index (χ4n) is 5.29. The first kappa shape index (κ1) is 29.3. The van der Waals surface area contributed by atoms with Gasteiger partial charge in [0.2, 0.25) is 5.95 Å². The van der Waals surface area contributed by atoms with Crippen LogP contribution in [0.5, 0.6) is 0 Å². The lowest BCUT2D eigenvalue weighted by Crippen LogP contribution is -2.36. The van der Waals surface area contributed by atoms with Crippen LogP contribution in [0.15, 0.2) is 23.8 Å². The highest BCUT2D eigenvalue weighted by atomic mass is 31.2. The van der Waals surface area contributed by atoms with E-state index in [1.807, 2.05) is 0 Å². The van der Waals surface area contributed by atoms with Gasteiger partial charge < -0.3 is 35.8 Å². The number of aliphatic hydroxyl groups excluding tert-OH is 1. The molecule has 3 aliphatic rings. The van der Waals surface area contributed by atoms with E-state index in [2.05, 4.69) is 29.9 Å². The Morgan fingerprint density at radius 3 is 2.39 bits per heavy atom. The predicted octanol–water partition coefficient (Wildman–Crippen LogP) is -1.31. The molecule has 0 saturated carbocycles. The molecule has 24 heteroatoms. The highest BCUT2D eigenvalue weighted by Gasteiger charge is 2.51. The Morgan fingerprint density at radius 2 is 1.59 bits per heavy atom. The fourth-order valence-corrected chi connectivity index (χ4v) is 7.21. The minimum Gasteiger partial charge on any atom is -0.386 e. The molecule has 0 amide bonds. The van der Waals surface area contributed by atoms with Crippen molar-refractivity contribution < 1.29 is 51.6 Å². The minimum absolute atomic E-state index is 0.0151. The Kier molecular flexibility index (Phi) is 7.06. The molecule has 22 nitrogen and oxygen atoms in total. The van der Waals surface area contributed by atoms with E-state index in [4.69, 9.17) is 39.0 Å². The maximum Gasteiger partial charge on any atom is 0.472 e. The van der Waals surface area contributed by atoms with E-state index in [0.717, 1.165) is 0 Å². The van der Waals surface area contributed by atoms with Crippen LogP contribution < -0.4 is 17.0 Å². The van der Waals surface area contributed by atoms with Crippen LogP contribution in [0, 0.1) is 0 Å². The van der Waals surface area contributed by atoms with Gasteiger partial charge in [0, 0.05) is 6.42 Å². The number of phosphoric ester groups is 2. The number of hydrogen-bond acceptors (Lipinski definition) is 17. The summed E-state index contributed by atoms with van der Waals surface area (Å²) in [4.78, 5) is 56.0. The molecule has 3 saturated heterocycles. The molecule has 3 fully saturated rings. The number of aromatic amines is 1. The van der Waals surface area contributed by atoms with Gasteiger partial charge in [0.15, 0.2) is 35.1 Å². The van der Waals surface area contributed by atoms with Crippen LogP contribution in [0.2, 0.25) is 0 Å². The molecular formula is C20H24N10O12P2. The number of phosphoric acid groups is 2. The normalized spacial score (nSPS) is 36.6. The summed E-state index contributed by atoms with van der Waals surface area (Å²) in [6.45, 7) is -1.30. The fraction of sp³-hybridized carbons (Fsp3) is 0.500. The Hall–Kier alpha value is -3.40. The van der Waals surface area contributed by atoms with Gasteiger partial charge in [-0.2, -0.15) is 4.98 Å². The number of imidazole rings is 2. The van der Waals surface area contributed by atoms with Crippen LogP contribution in [0.25, 0.3) is 22.3 Å². The van der Waals surface area contributed by atoms with E-state index in [1.54, 1.807) is 0 Å². The molecule has 0 spiro atoms. The number of fused-ring (bicyclic) bond motifs is 5. The van der Waals surface area contributed by atoms with Gasteiger partial charge in [-0.15, -0.1) is 0 Å². The Bertz CT molecular complexity index is 1900. The zero-order chi connectivity index (χ0) is 31.0. The van der Waals surface area contributed by atoms with Crippen molar-refractivity contribution in [3.05, 3.63) is 29.3 Å². The van der Waals surface area contributed by atoms with E-state index in [-0.39, 0.29) is 40.5 Å². The highest BCUT2D eigenvalue weighted by Crippen LogP contribution is 2.53. The van der Waals surface area contributed by atoms with Gasteiger partial charge in [0.05, 0.1) is 32.0 Å². The van der Waals surface area contributed by atoms with Crippen molar-refractivity contribution >= 4 is 49.7 Å². The minimum atomic E-state index is -4.93. The van der Waals surface area contributed by atoms with Crippen molar-refractivity contribution in [2.45, 2.75) is 49.4 Å². The Labute approximate surface area is 244 Å². The molecule has 4 aromatic heterocycles. The summed E-state index contributed by atoms with van der Waals surface area (Å²) in [5.74, 6) is -0.164. The van der Waals surface area contributed by atoms with Gasteiger partial charge in [0.25, 0.3) is 5.56 Å². The number of aromatic nitrogens is 8. The molecule has 44 heavy (non-hydrogen) atoms. The second-order valence-corrected chi connectivity index (χ2v) is 12.9. The first-order valence-corrected chi connectivity index (χ1v) is 15.8. The molecule has 7 heterocycles. The second-order valence-electron chi connectivity index (χ2n) is 10.0. The zero-order valence-electron chi connectivity index (χ0n) is 22.1. The number of anilines is 2. The number of rotatable bonds is 2. The summed E-state index contributed by atoms with van der Waals surface area (Å²) < 4.78 is 61.7. The van der Waals surface area contributed by atoms with Crippen molar-refractivity contribution in [2.24, 2.45) is 0 Å². The van der Waals surface area contributed by atoms with Crippen LogP contribution in [0.4, 0.5) is 11.8 Å². The lowest BCUT2D eigenvalue weighted by Gasteiger charge is -2.25. The van der Waals surface area contributed by atoms with E-state index in [9.17, 15) is 28.8 Å². The molecule has 8 N–H and O–H groups in total. The van der Waals surface area contributed by atoms with E-state index < -0.39 is 77.4 Å².